The molecule has 5 rings (SSSR count). The van der Waals surface area contributed by atoms with Crippen molar-refractivity contribution in [1.29, 1.82) is 0 Å². The first-order chi connectivity index (χ1) is 10.8. The number of rotatable bonds is 0. The molecule has 0 N–H and O–H groups in total. The fraction of sp³-hybridized carbons (Fsp3) is 0.158. The van der Waals surface area contributed by atoms with E-state index in [0.717, 1.165) is 17.1 Å². The lowest BCUT2D eigenvalue weighted by Gasteiger charge is -2.23. The van der Waals surface area contributed by atoms with Gasteiger partial charge in [-0.2, -0.15) is 0 Å². The lowest BCUT2D eigenvalue weighted by atomic mass is 9.87. The van der Waals surface area contributed by atoms with Crippen molar-refractivity contribution >= 4 is 0 Å². The van der Waals surface area contributed by atoms with Crippen LogP contribution in [0.15, 0.2) is 48.8 Å². The van der Waals surface area contributed by atoms with Crippen LogP contribution in [0.1, 0.15) is 29.5 Å². The van der Waals surface area contributed by atoms with Gasteiger partial charge in [-0.15, -0.1) is 0 Å². The molecular weight excluding hydrogens is 272 g/mol. The van der Waals surface area contributed by atoms with E-state index in [1.54, 1.807) is 6.20 Å². The average molecular weight is 286 g/mol. The molecule has 3 heterocycles. The van der Waals surface area contributed by atoms with Gasteiger partial charge >= 0.3 is 0 Å². The molecule has 2 aliphatic rings. The number of pyridine rings is 2. The summed E-state index contributed by atoms with van der Waals surface area (Å²) in [4.78, 5) is 8.99. The Morgan fingerprint density at radius 1 is 1.00 bits per heavy atom. The van der Waals surface area contributed by atoms with E-state index in [4.69, 9.17) is 4.74 Å². The molecule has 0 spiro atoms. The van der Waals surface area contributed by atoms with E-state index < -0.39 is 0 Å². The maximum absolute atomic E-state index is 5.80. The van der Waals surface area contributed by atoms with Crippen LogP contribution >= 0.6 is 0 Å². The molecule has 3 aromatic rings. The molecule has 106 valence electrons. The highest BCUT2D eigenvalue weighted by molar-refractivity contribution is 5.88. The van der Waals surface area contributed by atoms with Crippen molar-refractivity contribution in [3.05, 3.63) is 65.5 Å². The van der Waals surface area contributed by atoms with E-state index in [0.29, 0.717) is 12.5 Å². The molecule has 1 unspecified atom stereocenters. The second-order valence-electron chi connectivity index (χ2n) is 5.87. The van der Waals surface area contributed by atoms with Crippen LogP contribution in [0.3, 0.4) is 0 Å². The first-order valence-corrected chi connectivity index (χ1v) is 7.54. The minimum absolute atomic E-state index is 0.347. The third-order valence-corrected chi connectivity index (χ3v) is 4.73. The number of nitrogens with zero attached hydrogens (tertiary/aromatic N) is 2. The van der Waals surface area contributed by atoms with E-state index in [9.17, 15) is 0 Å². The van der Waals surface area contributed by atoms with Crippen LogP contribution in [-0.2, 0) is 6.61 Å². The number of ether oxygens (including phenoxy) is 1. The Bertz CT molecular complexity index is 917. The highest BCUT2D eigenvalue weighted by Gasteiger charge is 2.32. The van der Waals surface area contributed by atoms with Crippen molar-refractivity contribution < 1.29 is 4.74 Å². The smallest absolute Gasteiger partial charge is 0.221 e. The van der Waals surface area contributed by atoms with Crippen LogP contribution in [-0.4, -0.2) is 9.97 Å². The van der Waals surface area contributed by atoms with E-state index in [-0.39, 0.29) is 0 Å². The summed E-state index contributed by atoms with van der Waals surface area (Å²) >= 11 is 0. The van der Waals surface area contributed by atoms with E-state index in [2.05, 4.69) is 41.2 Å². The van der Waals surface area contributed by atoms with Crippen molar-refractivity contribution in [2.24, 2.45) is 0 Å². The Hall–Kier alpha value is -2.68. The summed E-state index contributed by atoms with van der Waals surface area (Å²) in [6.07, 6.45) is 3.66. The molecule has 1 aliphatic carbocycles. The van der Waals surface area contributed by atoms with Crippen LogP contribution in [0.25, 0.3) is 22.4 Å². The zero-order chi connectivity index (χ0) is 14.7. The summed E-state index contributed by atoms with van der Waals surface area (Å²) in [6.45, 7) is 2.85. The molecule has 1 aromatic carbocycles. The van der Waals surface area contributed by atoms with Crippen molar-refractivity contribution in [2.45, 2.75) is 19.4 Å². The molecule has 1 atom stereocenters. The lowest BCUT2D eigenvalue weighted by Crippen LogP contribution is -2.09. The minimum atomic E-state index is 0.347. The van der Waals surface area contributed by atoms with Gasteiger partial charge in [-0.3, -0.25) is 4.98 Å². The molecule has 1 aliphatic heterocycles. The van der Waals surface area contributed by atoms with Crippen LogP contribution in [0.2, 0.25) is 0 Å². The van der Waals surface area contributed by atoms with Crippen molar-refractivity contribution in [2.75, 3.05) is 0 Å². The third-order valence-electron chi connectivity index (χ3n) is 4.73. The monoisotopic (exact) mass is 286 g/mol. The first kappa shape index (κ1) is 11.9. The molecule has 0 saturated carbocycles. The number of aromatic nitrogens is 2. The van der Waals surface area contributed by atoms with E-state index >= 15 is 0 Å². The fourth-order valence-corrected chi connectivity index (χ4v) is 3.75. The predicted octanol–water partition coefficient (Wildman–Crippen LogP) is 4.17. The van der Waals surface area contributed by atoms with Gasteiger partial charge in [0, 0.05) is 29.4 Å². The number of fused-ring (bicyclic) bond motifs is 7. The Balaban J connectivity index is 1.87. The average Bonchev–Trinajstić information content (AvgIpc) is 2.88. The SMILES string of the molecule is CC1c2cccnc2-c2ccc3c(c21)-c1cccnc1OC3. The highest BCUT2D eigenvalue weighted by atomic mass is 16.5. The largest absolute Gasteiger partial charge is 0.472 e. The summed E-state index contributed by atoms with van der Waals surface area (Å²) in [5, 5.41) is 0. The normalized spacial score (nSPS) is 17.0. The topological polar surface area (TPSA) is 35.0 Å². The van der Waals surface area contributed by atoms with Gasteiger partial charge in [-0.25, -0.2) is 4.98 Å². The van der Waals surface area contributed by atoms with E-state index in [1.807, 2.05) is 18.3 Å². The molecule has 0 amide bonds. The van der Waals surface area contributed by atoms with Crippen LogP contribution < -0.4 is 4.74 Å². The summed E-state index contributed by atoms with van der Waals surface area (Å²) in [6, 6.07) is 12.6. The van der Waals surface area contributed by atoms with Crippen molar-refractivity contribution in [3.8, 4) is 28.3 Å². The molecule has 3 heteroatoms. The van der Waals surface area contributed by atoms with Crippen LogP contribution in [0, 0.1) is 0 Å². The Morgan fingerprint density at radius 3 is 2.82 bits per heavy atom. The quantitative estimate of drug-likeness (QED) is 0.622. The molecule has 0 fully saturated rings. The maximum atomic E-state index is 5.80. The lowest BCUT2D eigenvalue weighted by molar-refractivity contribution is 0.290. The fourth-order valence-electron chi connectivity index (χ4n) is 3.75. The van der Waals surface area contributed by atoms with Crippen molar-refractivity contribution in [1.82, 2.24) is 9.97 Å². The van der Waals surface area contributed by atoms with Gasteiger partial charge in [0.1, 0.15) is 6.61 Å². The Labute approximate surface area is 128 Å². The van der Waals surface area contributed by atoms with Gasteiger partial charge < -0.3 is 4.74 Å². The number of hydrogen-bond donors (Lipinski definition) is 0. The molecule has 3 nitrogen and oxygen atoms in total. The van der Waals surface area contributed by atoms with E-state index in [1.165, 1.54) is 27.8 Å². The Morgan fingerprint density at radius 2 is 1.86 bits per heavy atom. The standard InChI is InChI=1S/C19H14N2O/c1-11-13-4-2-8-20-18(13)14-7-6-12-10-22-19-15(5-3-9-21-19)17(12)16(11)14/h2-9,11H,10H2,1H3. The summed E-state index contributed by atoms with van der Waals surface area (Å²) in [7, 11) is 0. The predicted molar refractivity (Wildman–Crippen MR) is 84.8 cm³/mol. The minimum Gasteiger partial charge on any atom is -0.472 e. The summed E-state index contributed by atoms with van der Waals surface area (Å²) < 4.78 is 5.80. The summed E-state index contributed by atoms with van der Waals surface area (Å²) in [5.41, 5.74) is 8.66. The van der Waals surface area contributed by atoms with Gasteiger partial charge in [0.15, 0.2) is 0 Å². The summed E-state index contributed by atoms with van der Waals surface area (Å²) in [5.74, 6) is 1.08. The third kappa shape index (κ3) is 1.40. The molecule has 0 saturated heterocycles. The highest BCUT2D eigenvalue weighted by Crippen LogP contribution is 2.51. The van der Waals surface area contributed by atoms with Crippen LogP contribution in [0.4, 0.5) is 0 Å². The molecule has 2 aromatic heterocycles. The van der Waals surface area contributed by atoms with Gasteiger partial charge in [0.05, 0.1) is 5.69 Å². The second-order valence-corrected chi connectivity index (χ2v) is 5.87. The molecule has 0 radical (unpaired) electrons. The number of benzene rings is 1. The van der Waals surface area contributed by atoms with Gasteiger partial charge in [0.2, 0.25) is 5.88 Å². The second kappa shape index (κ2) is 4.17. The zero-order valence-corrected chi connectivity index (χ0v) is 12.2. The first-order valence-electron chi connectivity index (χ1n) is 7.54. The molecule has 0 bridgehead atoms. The number of hydrogen-bond acceptors (Lipinski definition) is 3. The van der Waals surface area contributed by atoms with Gasteiger partial charge in [-0.05, 0) is 40.5 Å². The van der Waals surface area contributed by atoms with Crippen LogP contribution in [0.5, 0.6) is 5.88 Å². The molecular formula is C19H14N2O. The van der Waals surface area contributed by atoms with Gasteiger partial charge in [0.25, 0.3) is 0 Å². The maximum Gasteiger partial charge on any atom is 0.221 e. The van der Waals surface area contributed by atoms with Gasteiger partial charge in [-0.1, -0.05) is 25.1 Å². The molecule has 22 heavy (non-hydrogen) atoms. The Kier molecular flexibility index (Phi) is 2.26. The van der Waals surface area contributed by atoms with Crippen molar-refractivity contribution in [3.63, 3.8) is 0 Å². The zero-order valence-electron chi connectivity index (χ0n) is 12.2.